The fourth-order valence-corrected chi connectivity index (χ4v) is 1.64. The van der Waals surface area contributed by atoms with Crippen LogP contribution in [-0.4, -0.2) is 5.11 Å². The van der Waals surface area contributed by atoms with Crippen LogP contribution >= 0.6 is 22.6 Å². The summed E-state index contributed by atoms with van der Waals surface area (Å²) in [5.41, 5.74) is 1.81. The van der Waals surface area contributed by atoms with Crippen molar-refractivity contribution in [1.82, 2.24) is 0 Å². The van der Waals surface area contributed by atoms with E-state index in [1.165, 1.54) is 0 Å². The second-order valence-corrected chi connectivity index (χ2v) is 3.67. The highest BCUT2D eigenvalue weighted by atomic mass is 127. The van der Waals surface area contributed by atoms with Gasteiger partial charge in [0.15, 0.2) is 0 Å². The molecule has 4 heteroatoms. The lowest BCUT2D eigenvalue weighted by atomic mass is 10.1. The lowest BCUT2D eigenvalue weighted by Crippen LogP contribution is -1.85. The zero-order valence-electron chi connectivity index (χ0n) is 6.76. The summed E-state index contributed by atoms with van der Waals surface area (Å²) in [5.74, 6) is 0.237. The lowest BCUT2D eigenvalue weighted by Gasteiger charge is -2.05. The highest BCUT2D eigenvalue weighted by Gasteiger charge is 2.09. The van der Waals surface area contributed by atoms with Crippen LogP contribution in [0.2, 0.25) is 0 Å². The van der Waals surface area contributed by atoms with E-state index in [2.05, 4.69) is 5.18 Å². The first-order valence-electron chi connectivity index (χ1n) is 3.40. The largest absolute Gasteiger partial charge is 0.507 e. The van der Waals surface area contributed by atoms with Gasteiger partial charge in [0, 0.05) is 0 Å². The summed E-state index contributed by atoms with van der Waals surface area (Å²) >= 11 is 1.99. The van der Waals surface area contributed by atoms with Gasteiger partial charge in [0.05, 0.1) is 3.57 Å². The first kappa shape index (κ1) is 9.44. The van der Waals surface area contributed by atoms with E-state index < -0.39 is 0 Å². The Hall–Kier alpha value is -0.650. The van der Waals surface area contributed by atoms with Gasteiger partial charge in [0.1, 0.15) is 11.4 Å². The van der Waals surface area contributed by atoms with Crippen LogP contribution in [0.3, 0.4) is 0 Å². The standard InChI is InChI=1S/C8H8INO2/c1-4-3-6(10-12)5(2)7(9)8(4)11/h3,11H,1-2H3. The quantitative estimate of drug-likeness (QED) is 0.633. The number of aromatic hydroxyl groups is 1. The molecule has 0 radical (unpaired) electrons. The Labute approximate surface area is 83.9 Å². The first-order valence-corrected chi connectivity index (χ1v) is 4.47. The van der Waals surface area contributed by atoms with Crippen molar-refractivity contribution >= 4 is 28.3 Å². The van der Waals surface area contributed by atoms with E-state index in [4.69, 9.17) is 0 Å². The number of hydrogen-bond acceptors (Lipinski definition) is 3. The molecule has 0 aromatic heterocycles. The Bertz CT molecular complexity index is 336. The van der Waals surface area contributed by atoms with Crippen molar-refractivity contribution in [3.8, 4) is 5.75 Å². The van der Waals surface area contributed by atoms with E-state index in [1.54, 1.807) is 19.9 Å². The van der Waals surface area contributed by atoms with Crippen molar-refractivity contribution in [2.75, 3.05) is 0 Å². The number of halogens is 1. The zero-order chi connectivity index (χ0) is 9.30. The molecule has 0 fully saturated rings. The molecular formula is C8H8INO2. The molecule has 1 rings (SSSR count). The van der Waals surface area contributed by atoms with Gasteiger partial charge in [0.25, 0.3) is 0 Å². The predicted molar refractivity (Wildman–Crippen MR) is 55.8 cm³/mol. The van der Waals surface area contributed by atoms with E-state index >= 15 is 0 Å². The third-order valence-corrected chi connectivity index (χ3v) is 3.07. The summed E-state index contributed by atoms with van der Waals surface area (Å²) in [6.07, 6.45) is 0. The molecule has 0 bridgehead atoms. The second-order valence-electron chi connectivity index (χ2n) is 2.59. The number of hydrogen-bond donors (Lipinski definition) is 1. The summed E-state index contributed by atoms with van der Waals surface area (Å²) in [5, 5.41) is 12.3. The molecule has 3 nitrogen and oxygen atoms in total. The summed E-state index contributed by atoms with van der Waals surface area (Å²) in [7, 11) is 0. The third kappa shape index (κ3) is 1.43. The van der Waals surface area contributed by atoms with Crippen molar-refractivity contribution in [3.63, 3.8) is 0 Å². The summed E-state index contributed by atoms with van der Waals surface area (Å²) in [6.45, 7) is 3.50. The monoisotopic (exact) mass is 277 g/mol. The van der Waals surface area contributed by atoms with Gasteiger partial charge in [-0.25, -0.2) is 0 Å². The minimum Gasteiger partial charge on any atom is -0.507 e. The van der Waals surface area contributed by atoms with Gasteiger partial charge in [0.2, 0.25) is 0 Å². The van der Waals surface area contributed by atoms with E-state index in [-0.39, 0.29) is 5.75 Å². The summed E-state index contributed by atoms with van der Waals surface area (Å²) in [6, 6.07) is 1.58. The Morgan fingerprint density at radius 3 is 2.58 bits per heavy atom. The van der Waals surface area contributed by atoms with Crippen LogP contribution in [-0.2, 0) is 0 Å². The average molecular weight is 277 g/mol. The van der Waals surface area contributed by atoms with Crippen LogP contribution in [0.4, 0.5) is 5.69 Å². The van der Waals surface area contributed by atoms with Gasteiger partial charge in [-0.3, -0.25) is 0 Å². The Morgan fingerprint density at radius 1 is 1.50 bits per heavy atom. The molecule has 0 amide bonds. The van der Waals surface area contributed by atoms with Crippen LogP contribution in [0.5, 0.6) is 5.75 Å². The number of nitroso groups, excluding NO2 is 1. The fourth-order valence-electron chi connectivity index (χ4n) is 0.940. The topological polar surface area (TPSA) is 49.7 Å². The van der Waals surface area contributed by atoms with Crippen molar-refractivity contribution < 1.29 is 5.11 Å². The highest BCUT2D eigenvalue weighted by molar-refractivity contribution is 14.1. The number of nitrogens with zero attached hydrogens (tertiary/aromatic N) is 1. The number of rotatable bonds is 1. The molecule has 12 heavy (non-hydrogen) atoms. The molecule has 0 saturated heterocycles. The molecule has 64 valence electrons. The maximum Gasteiger partial charge on any atom is 0.132 e. The van der Waals surface area contributed by atoms with E-state index in [1.807, 2.05) is 22.6 Å². The highest BCUT2D eigenvalue weighted by Crippen LogP contribution is 2.33. The minimum atomic E-state index is 0.237. The molecule has 0 aliphatic carbocycles. The Morgan fingerprint density at radius 2 is 2.08 bits per heavy atom. The molecule has 0 spiro atoms. The summed E-state index contributed by atoms with van der Waals surface area (Å²) in [4.78, 5) is 10.3. The van der Waals surface area contributed by atoms with E-state index in [0.29, 0.717) is 14.8 Å². The Balaban J connectivity index is 3.49. The first-order chi connectivity index (χ1) is 5.57. The molecular weight excluding hydrogens is 269 g/mol. The molecule has 0 aliphatic heterocycles. The van der Waals surface area contributed by atoms with Gasteiger partial charge < -0.3 is 5.11 Å². The molecule has 1 aromatic carbocycles. The van der Waals surface area contributed by atoms with Crippen molar-refractivity contribution in [3.05, 3.63) is 25.7 Å². The van der Waals surface area contributed by atoms with Gasteiger partial charge >= 0.3 is 0 Å². The number of phenols is 1. The SMILES string of the molecule is Cc1cc(N=O)c(C)c(I)c1O. The van der Waals surface area contributed by atoms with E-state index in [0.717, 1.165) is 5.56 Å². The molecule has 0 aliphatic rings. The van der Waals surface area contributed by atoms with Crippen molar-refractivity contribution in [2.24, 2.45) is 5.18 Å². The normalized spacial score (nSPS) is 9.92. The minimum absolute atomic E-state index is 0.237. The van der Waals surface area contributed by atoms with Gasteiger partial charge in [-0.05, 0) is 58.8 Å². The van der Waals surface area contributed by atoms with Crippen LogP contribution in [0.25, 0.3) is 0 Å². The van der Waals surface area contributed by atoms with Crippen molar-refractivity contribution in [1.29, 1.82) is 0 Å². The molecule has 1 N–H and O–H groups in total. The van der Waals surface area contributed by atoms with Crippen LogP contribution in [0.15, 0.2) is 11.2 Å². The number of phenolic OH excluding ortho intramolecular Hbond substituents is 1. The van der Waals surface area contributed by atoms with E-state index in [9.17, 15) is 10.0 Å². The van der Waals surface area contributed by atoms with Crippen LogP contribution < -0.4 is 0 Å². The Kier molecular flexibility index (Phi) is 2.66. The maximum atomic E-state index is 10.3. The molecule has 1 aromatic rings. The smallest absolute Gasteiger partial charge is 0.132 e. The molecule has 0 atom stereocenters. The fraction of sp³-hybridized carbons (Fsp3) is 0.250. The molecule has 0 saturated carbocycles. The van der Waals surface area contributed by atoms with Gasteiger partial charge in [-0.2, -0.15) is 0 Å². The number of aryl methyl sites for hydroxylation is 1. The zero-order valence-corrected chi connectivity index (χ0v) is 8.92. The molecule has 0 heterocycles. The third-order valence-electron chi connectivity index (χ3n) is 1.75. The van der Waals surface area contributed by atoms with Crippen LogP contribution in [0, 0.1) is 22.3 Å². The predicted octanol–water partition coefficient (Wildman–Crippen LogP) is 3.01. The van der Waals surface area contributed by atoms with Crippen molar-refractivity contribution in [2.45, 2.75) is 13.8 Å². The molecule has 0 unspecified atom stereocenters. The lowest BCUT2D eigenvalue weighted by molar-refractivity contribution is 0.467. The average Bonchev–Trinajstić information content (AvgIpc) is 2.08. The van der Waals surface area contributed by atoms with Crippen LogP contribution in [0.1, 0.15) is 11.1 Å². The van der Waals surface area contributed by atoms with Gasteiger partial charge in [-0.1, -0.05) is 0 Å². The number of benzene rings is 1. The second kappa shape index (κ2) is 3.38. The maximum absolute atomic E-state index is 10.3. The summed E-state index contributed by atoms with van der Waals surface area (Å²) < 4.78 is 0.696. The van der Waals surface area contributed by atoms with Gasteiger partial charge in [-0.15, -0.1) is 4.91 Å².